The second-order valence-corrected chi connectivity index (χ2v) is 7.70. The molecule has 0 spiro atoms. The number of carbonyl (C=O) groups excluding carboxylic acids is 1. The van der Waals surface area contributed by atoms with Gasteiger partial charge >= 0.3 is 0 Å². The maximum Gasteiger partial charge on any atom is 0.229 e. The number of amides is 1. The molecule has 6 heteroatoms. The summed E-state index contributed by atoms with van der Waals surface area (Å²) in [6, 6.07) is 0. The Morgan fingerprint density at radius 3 is 2.57 bits per heavy atom. The Morgan fingerprint density at radius 1 is 1.30 bits per heavy atom. The number of likely N-dealkylation sites (tertiary alicyclic amines) is 1. The fourth-order valence-electron chi connectivity index (χ4n) is 3.29. The second-order valence-electron chi connectivity index (χ2n) is 7.70. The van der Waals surface area contributed by atoms with Gasteiger partial charge in [0.05, 0.1) is 5.41 Å². The van der Waals surface area contributed by atoms with Crippen LogP contribution >= 0.6 is 0 Å². The van der Waals surface area contributed by atoms with Crippen LogP contribution in [-0.2, 0) is 11.2 Å². The van der Waals surface area contributed by atoms with Crippen molar-refractivity contribution in [1.29, 1.82) is 0 Å². The highest BCUT2D eigenvalue weighted by Gasteiger charge is 2.33. The zero-order valence-corrected chi connectivity index (χ0v) is 14.3. The Kier molecular flexibility index (Phi) is 4.71. The van der Waals surface area contributed by atoms with Crippen LogP contribution in [0.25, 0.3) is 0 Å². The first-order chi connectivity index (χ1) is 11.0. The fourth-order valence-corrected chi connectivity index (χ4v) is 3.29. The molecule has 0 bridgehead atoms. The molecule has 1 saturated heterocycles. The van der Waals surface area contributed by atoms with Gasteiger partial charge in [0.2, 0.25) is 11.8 Å². The highest BCUT2D eigenvalue weighted by atomic mass is 16.5. The van der Waals surface area contributed by atoms with Crippen molar-refractivity contribution in [3.63, 3.8) is 0 Å². The summed E-state index contributed by atoms with van der Waals surface area (Å²) in [4.78, 5) is 19.0. The van der Waals surface area contributed by atoms with Crippen molar-refractivity contribution in [2.24, 2.45) is 17.1 Å². The minimum atomic E-state index is -0.461. The topological polar surface area (TPSA) is 85.3 Å². The molecule has 1 aromatic rings. The van der Waals surface area contributed by atoms with Crippen LogP contribution in [0.15, 0.2) is 4.52 Å². The molecule has 2 aliphatic rings. The molecule has 2 heterocycles. The third-order valence-electron chi connectivity index (χ3n) is 5.41. The molecule has 23 heavy (non-hydrogen) atoms. The summed E-state index contributed by atoms with van der Waals surface area (Å²) in [5, 5.41) is 4.13. The first-order valence-corrected chi connectivity index (χ1v) is 8.81. The summed E-state index contributed by atoms with van der Waals surface area (Å²) >= 11 is 0. The van der Waals surface area contributed by atoms with Crippen LogP contribution in [0.3, 0.4) is 0 Å². The van der Waals surface area contributed by atoms with Crippen molar-refractivity contribution < 1.29 is 9.32 Å². The maximum absolute atomic E-state index is 12.4. The second kappa shape index (κ2) is 6.59. The smallest absolute Gasteiger partial charge is 0.229 e. The van der Waals surface area contributed by atoms with Gasteiger partial charge in [0.15, 0.2) is 5.82 Å². The molecule has 1 aromatic heterocycles. The van der Waals surface area contributed by atoms with Gasteiger partial charge in [-0.2, -0.15) is 4.98 Å². The summed E-state index contributed by atoms with van der Waals surface area (Å²) in [7, 11) is 0. The lowest BCUT2D eigenvalue weighted by atomic mass is 9.85. The van der Waals surface area contributed by atoms with Crippen molar-refractivity contribution in [2.45, 2.75) is 58.3 Å². The normalized spacial score (nSPS) is 20.6. The largest absolute Gasteiger partial charge is 0.342 e. The predicted octanol–water partition coefficient (Wildman–Crippen LogP) is 2.10. The van der Waals surface area contributed by atoms with Gasteiger partial charge in [-0.1, -0.05) is 11.6 Å². The van der Waals surface area contributed by atoms with E-state index in [0.29, 0.717) is 18.4 Å². The first-order valence-electron chi connectivity index (χ1n) is 8.81. The van der Waals surface area contributed by atoms with Gasteiger partial charge in [-0.25, -0.2) is 0 Å². The quantitative estimate of drug-likeness (QED) is 0.898. The third-order valence-corrected chi connectivity index (χ3v) is 5.41. The monoisotopic (exact) mass is 320 g/mol. The van der Waals surface area contributed by atoms with E-state index in [1.54, 1.807) is 0 Å². The zero-order valence-electron chi connectivity index (χ0n) is 14.3. The molecule has 128 valence electrons. The number of aromatic nitrogens is 2. The lowest BCUT2D eigenvalue weighted by Crippen LogP contribution is -2.48. The van der Waals surface area contributed by atoms with E-state index in [2.05, 4.69) is 10.1 Å². The number of nitrogens with two attached hydrogens (primary N) is 1. The molecular weight excluding hydrogens is 292 g/mol. The van der Waals surface area contributed by atoms with Crippen molar-refractivity contribution in [3.8, 4) is 0 Å². The zero-order chi connectivity index (χ0) is 16.4. The molecule has 2 fully saturated rings. The molecule has 0 atom stereocenters. The Balaban J connectivity index is 1.49. The van der Waals surface area contributed by atoms with E-state index in [4.69, 9.17) is 10.3 Å². The summed E-state index contributed by atoms with van der Waals surface area (Å²) in [6.07, 6.45) is 6.48. The fraction of sp³-hybridized carbons (Fsp3) is 0.824. The van der Waals surface area contributed by atoms with Crippen LogP contribution in [0.4, 0.5) is 0 Å². The lowest BCUT2D eigenvalue weighted by molar-refractivity contribution is -0.141. The third kappa shape index (κ3) is 3.57. The Labute approximate surface area is 137 Å². The van der Waals surface area contributed by atoms with Gasteiger partial charge in [-0.15, -0.1) is 0 Å². The van der Waals surface area contributed by atoms with Gasteiger partial charge in [0, 0.05) is 32.0 Å². The van der Waals surface area contributed by atoms with Crippen molar-refractivity contribution in [1.82, 2.24) is 15.0 Å². The van der Waals surface area contributed by atoms with Crippen molar-refractivity contribution in [2.75, 3.05) is 19.6 Å². The van der Waals surface area contributed by atoms with Crippen LogP contribution in [0.2, 0.25) is 0 Å². The lowest BCUT2D eigenvalue weighted by Gasteiger charge is -2.36. The molecule has 1 amide bonds. The van der Waals surface area contributed by atoms with E-state index in [0.717, 1.165) is 44.1 Å². The summed E-state index contributed by atoms with van der Waals surface area (Å²) in [6.45, 7) is 5.83. The number of hydrogen-bond donors (Lipinski definition) is 1. The number of rotatable bonds is 5. The molecule has 0 unspecified atom stereocenters. The van der Waals surface area contributed by atoms with Crippen molar-refractivity contribution >= 4 is 5.91 Å². The van der Waals surface area contributed by atoms with E-state index in [9.17, 15) is 4.79 Å². The van der Waals surface area contributed by atoms with Gasteiger partial charge in [0.1, 0.15) is 0 Å². The average molecular weight is 320 g/mol. The van der Waals surface area contributed by atoms with Crippen LogP contribution in [0, 0.1) is 11.3 Å². The molecule has 0 radical (unpaired) electrons. The molecule has 3 rings (SSSR count). The van der Waals surface area contributed by atoms with Gasteiger partial charge in [-0.3, -0.25) is 4.79 Å². The van der Waals surface area contributed by atoms with Gasteiger partial charge in [0.25, 0.3) is 0 Å². The number of piperidine rings is 1. The summed E-state index contributed by atoms with van der Waals surface area (Å²) < 4.78 is 5.41. The molecule has 1 aliphatic carbocycles. The van der Waals surface area contributed by atoms with Gasteiger partial charge in [-0.05, 0) is 45.4 Å². The molecular formula is C17H28N4O2. The van der Waals surface area contributed by atoms with Crippen LogP contribution in [-0.4, -0.2) is 40.6 Å². The minimum Gasteiger partial charge on any atom is -0.342 e. The summed E-state index contributed by atoms with van der Waals surface area (Å²) in [5.41, 5.74) is 5.25. The Bertz CT molecular complexity index is 543. The minimum absolute atomic E-state index is 0.170. The molecule has 1 saturated carbocycles. The van der Waals surface area contributed by atoms with E-state index in [1.807, 2.05) is 18.7 Å². The Morgan fingerprint density at radius 2 is 2.00 bits per heavy atom. The number of carbonyl (C=O) groups is 1. The number of nitrogens with zero attached hydrogens (tertiary/aromatic N) is 3. The van der Waals surface area contributed by atoms with E-state index in [-0.39, 0.29) is 5.91 Å². The summed E-state index contributed by atoms with van der Waals surface area (Å²) in [5.74, 6) is 2.87. The maximum atomic E-state index is 12.4. The standard InChI is InChI=1S/C17H28N4O2/c1-17(2,11-18)16(22)21-8-6-12(7-9-21)10-14-19-15(20-23-14)13-4-3-5-13/h12-13H,3-11,18H2,1-2H3. The Hall–Kier alpha value is -1.43. The molecule has 2 N–H and O–H groups in total. The molecule has 6 nitrogen and oxygen atoms in total. The highest BCUT2D eigenvalue weighted by Crippen LogP contribution is 2.34. The van der Waals surface area contributed by atoms with E-state index >= 15 is 0 Å². The van der Waals surface area contributed by atoms with Crippen LogP contribution < -0.4 is 5.73 Å². The first kappa shape index (κ1) is 16.4. The van der Waals surface area contributed by atoms with E-state index < -0.39 is 5.41 Å². The highest BCUT2D eigenvalue weighted by molar-refractivity contribution is 5.82. The van der Waals surface area contributed by atoms with Gasteiger partial charge < -0.3 is 15.2 Å². The van der Waals surface area contributed by atoms with Crippen LogP contribution in [0.5, 0.6) is 0 Å². The van der Waals surface area contributed by atoms with Crippen LogP contribution in [0.1, 0.15) is 63.6 Å². The average Bonchev–Trinajstić information content (AvgIpc) is 2.93. The predicted molar refractivity (Wildman–Crippen MR) is 86.7 cm³/mol. The van der Waals surface area contributed by atoms with E-state index in [1.165, 1.54) is 19.3 Å². The molecule has 0 aromatic carbocycles. The van der Waals surface area contributed by atoms with Crippen molar-refractivity contribution in [3.05, 3.63) is 11.7 Å². The number of hydrogen-bond acceptors (Lipinski definition) is 5. The molecule has 1 aliphatic heterocycles. The SMILES string of the molecule is CC(C)(CN)C(=O)N1CCC(Cc2nc(C3CCC3)no2)CC1.